The van der Waals surface area contributed by atoms with Crippen molar-refractivity contribution in [2.75, 3.05) is 32.8 Å². The first kappa shape index (κ1) is 21.3. The Hall–Kier alpha value is -2.37. The van der Waals surface area contributed by atoms with Crippen molar-refractivity contribution in [2.45, 2.75) is 37.7 Å². The molecule has 2 aromatic carbocycles. The van der Waals surface area contributed by atoms with E-state index in [1.807, 2.05) is 0 Å². The molecule has 156 valence electrons. The number of nitrogens with zero attached hydrogens (tertiary/aromatic N) is 1. The summed E-state index contributed by atoms with van der Waals surface area (Å²) in [4.78, 5) is 4.64. The molecule has 1 aliphatic rings. The van der Waals surface area contributed by atoms with Crippen molar-refractivity contribution in [3.8, 4) is 0 Å². The van der Waals surface area contributed by atoms with Crippen LogP contribution in [0, 0.1) is 0 Å². The van der Waals surface area contributed by atoms with Crippen LogP contribution in [0.1, 0.15) is 43.2 Å². The summed E-state index contributed by atoms with van der Waals surface area (Å²) < 4.78 is 5.35. The van der Waals surface area contributed by atoms with Crippen LogP contribution in [0.15, 0.2) is 65.7 Å². The predicted molar refractivity (Wildman–Crippen MR) is 118 cm³/mol. The molecule has 0 radical (unpaired) electrons. The topological polar surface area (TPSA) is 65.9 Å². The van der Waals surface area contributed by atoms with Crippen LogP contribution in [0.2, 0.25) is 0 Å². The monoisotopic (exact) mass is 395 g/mol. The van der Waals surface area contributed by atoms with Gasteiger partial charge >= 0.3 is 0 Å². The fourth-order valence-electron chi connectivity index (χ4n) is 3.71. The van der Waals surface area contributed by atoms with E-state index in [4.69, 9.17) is 4.74 Å². The highest BCUT2D eigenvalue weighted by Gasteiger charge is 2.29. The average Bonchev–Trinajstić information content (AvgIpc) is 2.77. The van der Waals surface area contributed by atoms with E-state index in [1.54, 1.807) is 0 Å². The number of aliphatic hydroxyl groups is 1. The van der Waals surface area contributed by atoms with Gasteiger partial charge in [-0.1, -0.05) is 60.7 Å². The van der Waals surface area contributed by atoms with Crippen molar-refractivity contribution >= 4 is 5.96 Å². The van der Waals surface area contributed by atoms with Crippen LogP contribution < -0.4 is 10.6 Å². The minimum absolute atomic E-state index is 0.326. The fourth-order valence-corrected chi connectivity index (χ4v) is 3.71. The molecule has 5 nitrogen and oxygen atoms in total. The summed E-state index contributed by atoms with van der Waals surface area (Å²) in [6, 6.07) is 21.3. The maximum atomic E-state index is 10.7. The third kappa shape index (κ3) is 6.58. The number of benzene rings is 2. The van der Waals surface area contributed by atoms with E-state index in [0.29, 0.717) is 38.5 Å². The van der Waals surface area contributed by atoms with Crippen LogP contribution in [-0.2, 0) is 4.74 Å². The van der Waals surface area contributed by atoms with E-state index in [2.05, 4.69) is 83.2 Å². The quantitative estimate of drug-likeness (QED) is 0.474. The van der Waals surface area contributed by atoms with Gasteiger partial charge in [0.05, 0.1) is 12.1 Å². The zero-order valence-corrected chi connectivity index (χ0v) is 17.3. The normalized spacial score (nSPS) is 16.6. The maximum Gasteiger partial charge on any atom is 0.191 e. The second-order valence-electron chi connectivity index (χ2n) is 7.62. The third-order valence-electron chi connectivity index (χ3n) is 5.43. The molecule has 0 atom stereocenters. The molecule has 0 amide bonds. The molecule has 0 saturated carbocycles. The number of nitrogens with one attached hydrogen (secondary N) is 2. The number of hydrogen-bond donors (Lipinski definition) is 3. The summed E-state index contributed by atoms with van der Waals surface area (Å²) >= 11 is 0. The van der Waals surface area contributed by atoms with Gasteiger partial charge in [-0.25, -0.2) is 0 Å². The van der Waals surface area contributed by atoms with Crippen LogP contribution >= 0.6 is 0 Å². The summed E-state index contributed by atoms with van der Waals surface area (Å²) in [6.07, 6.45) is 2.23. The summed E-state index contributed by atoms with van der Waals surface area (Å²) in [5.74, 6) is 1.08. The lowest BCUT2D eigenvalue weighted by Gasteiger charge is -2.30. The first-order valence-electron chi connectivity index (χ1n) is 10.6. The maximum absolute atomic E-state index is 10.7. The van der Waals surface area contributed by atoms with Crippen LogP contribution in [0.25, 0.3) is 0 Å². The Morgan fingerprint density at radius 1 is 1.00 bits per heavy atom. The Labute approximate surface area is 174 Å². The first-order valence-corrected chi connectivity index (χ1v) is 10.6. The van der Waals surface area contributed by atoms with Crippen LogP contribution in [-0.4, -0.2) is 49.5 Å². The van der Waals surface area contributed by atoms with Crippen molar-refractivity contribution < 1.29 is 9.84 Å². The van der Waals surface area contributed by atoms with Crippen LogP contribution in [0.3, 0.4) is 0 Å². The lowest BCUT2D eigenvalue weighted by atomic mass is 9.88. The molecule has 29 heavy (non-hydrogen) atoms. The van der Waals surface area contributed by atoms with Gasteiger partial charge in [-0.2, -0.15) is 0 Å². The third-order valence-corrected chi connectivity index (χ3v) is 5.43. The van der Waals surface area contributed by atoms with Gasteiger partial charge in [0, 0.05) is 45.1 Å². The van der Waals surface area contributed by atoms with Gasteiger partial charge in [-0.05, 0) is 24.5 Å². The molecule has 1 aliphatic heterocycles. The molecule has 1 fully saturated rings. The van der Waals surface area contributed by atoms with Gasteiger partial charge in [0.25, 0.3) is 0 Å². The van der Waals surface area contributed by atoms with E-state index in [1.165, 1.54) is 11.1 Å². The highest BCUT2D eigenvalue weighted by atomic mass is 16.5. The zero-order chi connectivity index (χ0) is 20.4. The Kier molecular flexibility index (Phi) is 8.08. The highest BCUT2D eigenvalue weighted by Crippen LogP contribution is 2.27. The number of guanidine groups is 1. The van der Waals surface area contributed by atoms with Gasteiger partial charge in [0.2, 0.25) is 0 Å². The van der Waals surface area contributed by atoms with E-state index >= 15 is 0 Å². The van der Waals surface area contributed by atoms with Crippen molar-refractivity contribution in [1.82, 2.24) is 10.6 Å². The van der Waals surface area contributed by atoms with Crippen LogP contribution in [0.4, 0.5) is 0 Å². The van der Waals surface area contributed by atoms with Crippen molar-refractivity contribution in [3.63, 3.8) is 0 Å². The minimum atomic E-state index is -0.753. The molecule has 0 bridgehead atoms. The lowest BCUT2D eigenvalue weighted by Crippen LogP contribution is -2.42. The molecule has 0 unspecified atom stereocenters. The smallest absolute Gasteiger partial charge is 0.191 e. The molecule has 1 heterocycles. The van der Waals surface area contributed by atoms with E-state index < -0.39 is 5.60 Å². The molecular weight excluding hydrogens is 362 g/mol. The standard InChI is InChI=1S/C24H33N3O2/c1-2-25-23(27-19-24(28)14-17-29-18-15-24)26-16-13-22(20-9-5-3-6-10-20)21-11-7-4-8-12-21/h3-12,22,28H,2,13-19H2,1H3,(H2,25,26,27). The van der Waals surface area contributed by atoms with Gasteiger partial charge < -0.3 is 20.5 Å². The van der Waals surface area contributed by atoms with Crippen molar-refractivity contribution in [3.05, 3.63) is 71.8 Å². The Balaban J connectivity index is 1.62. The molecule has 1 saturated heterocycles. The molecule has 0 aliphatic carbocycles. The molecule has 2 aromatic rings. The SMILES string of the molecule is CCNC(=NCC1(O)CCOCC1)NCCC(c1ccccc1)c1ccccc1. The van der Waals surface area contributed by atoms with E-state index in [-0.39, 0.29) is 0 Å². The highest BCUT2D eigenvalue weighted by molar-refractivity contribution is 5.79. The predicted octanol–water partition coefficient (Wildman–Crippen LogP) is 3.31. The van der Waals surface area contributed by atoms with E-state index in [0.717, 1.165) is 25.5 Å². The molecule has 3 N–H and O–H groups in total. The summed E-state index contributed by atoms with van der Waals surface area (Å²) in [6.45, 7) is 5.23. The van der Waals surface area contributed by atoms with Crippen molar-refractivity contribution in [1.29, 1.82) is 0 Å². The first-order chi connectivity index (χ1) is 14.2. The molecule has 0 aromatic heterocycles. The van der Waals surface area contributed by atoms with E-state index in [9.17, 15) is 5.11 Å². The minimum Gasteiger partial charge on any atom is -0.388 e. The number of aliphatic imine (C=N–C) groups is 1. The lowest BCUT2D eigenvalue weighted by molar-refractivity contribution is -0.0565. The average molecular weight is 396 g/mol. The van der Waals surface area contributed by atoms with Gasteiger partial charge in [-0.15, -0.1) is 0 Å². The van der Waals surface area contributed by atoms with Gasteiger partial charge in [0.15, 0.2) is 5.96 Å². The second-order valence-corrected chi connectivity index (χ2v) is 7.62. The molecule has 0 spiro atoms. The summed E-state index contributed by atoms with van der Waals surface area (Å²) in [5, 5.41) is 17.4. The zero-order valence-electron chi connectivity index (χ0n) is 17.3. The summed E-state index contributed by atoms with van der Waals surface area (Å²) in [7, 11) is 0. The molecule has 3 rings (SSSR count). The second kappa shape index (κ2) is 11.0. The van der Waals surface area contributed by atoms with Crippen LogP contribution in [0.5, 0.6) is 0 Å². The molecule has 5 heteroatoms. The fraction of sp³-hybridized carbons (Fsp3) is 0.458. The Bertz CT molecular complexity index is 704. The number of rotatable bonds is 8. The molecular formula is C24H33N3O2. The largest absolute Gasteiger partial charge is 0.388 e. The van der Waals surface area contributed by atoms with Crippen molar-refractivity contribution in [2.24, 2.45) is 4.99 Å². The van der Waals surface area contributed by atoms with Gasteiger partial charge in [0.1, 0.15) is 0 Å². The Morgan fingerprint density at radius 2 is 1.59 bits per heavy atom. The number of ether oxygens (including phenoxy) is 1. The Morgan fingerprint density at radius 3 is 2.14 bits per heavy atom. The van der Waals surface area contributed by atoms with Gasteiger partial charge in [-0.3, -0.25) is 4.99 Å². The summed E-state index contributed by atoms with van der Waals surface area (Å²) in [5.41, 5.74) is 1.88. The number of hydrogen-bond acceptors (Lipinski definition) is 3.